The number of carbonyl (C=O) groups is 1. The van der Waals surface area contributed by atoms with Crippen LogP contribution in [0.1, 0.15) is 15.9 Å². The first-order valence-electron chi connectivity index (χ1n) is 8.89. The third kappa shape index (κ3) is 4.10. The van der Waals surface area contributed by atoms with Crippen LogP contribution in [0.25, 0.3) is 0 Å². The molecule has 0 aromatic heterocycles. The van der Waals surface area contributed by atoms with Crippen molar-refractivity contribution >= 4 is 5.97 Å². The molecule has 2 saturated heterocycles. The van der Waals surface area contributed by atoms with Crippen molar-refractivity contribution in [3.05, 3.63) is 59.7 Å². The van der Waals surface area contributed by atoms with E-state index in [1.54, 1.807) is 24.3 Å². The summed E-state index contributed by atoms with van der Waals surface area (Å²) in [6.45, 7) is 0.683. The van der Waals surface area contributed by atoms with Crippen LogP contribution in [0, 0.1) is 0 Å². The number of hydrogen-bond donors (Lipinski definition) is 2. The number of benzene rings is 2. The number of ether oxygens (including phenoxy) is 3. The molecular formula is C20H20O8. The Balaban J connectivity index is 1.27. The van der Waals surface area contributed by atoms with Crippen molar-refractivity contribution in [3.63, 3.8) is 0 Å². The van der Waals surface area contributed by atoms with Crippen LogP contribution >= 0.6 is 0 Å². The molecule has 4 rings (SSSR count). The van der Waals surface area contributed by atoms with Gasteiger partial charge in [0.1, 0.15) is 36.4 Å². The summed E-state index contributed by atoms with van der Waals surface area (Å²) in [6.07, 6.45) is -1.79. The van der Waals surface area contributed by atoms with Gasteiger partial charge in [-0.1, -0.05) is 12.1 Å². The van der Waals surface area contributed by atoms with Crippen LogP contribution in [0.2, 0.25) is 0 Å². The van der Waals surface area contributed by atoms with Gasteiger partial charge in [-0.15, -0.1) is 0 Å². The van der Waals surface area contributed by atoms with Crippen molar-refractivity contribution < 1.29 is 39.0 Å². The van der Waals surface area contributed by atoms with E-state index in [9.17, 15) is 15.0 Å². The maximum Gasteiger partial charge on any atom is 0.338 e. The number of rotatable bonds is 6. The Morgan fingerprint density at radius 2 is 1.46 bits per heavy atom. The van der Waals surface area contributed by atoms with Gasteiger partial charge in [-0.3, -0.25) is 0 Å². The summed E-state index contributed by atoms with van der Waals surface area (Å²) in [4.78, 5) is 22.9. The summed E-state index contributed by atoms with van der Waals surface area (Å²) < 4.78 is 16.9. The fourth-order valence-corrected chi connectivity index (χ4v) is 3.20. The molecular weight excluding hydrogens is 368 g/mol. The van der Waals surface area contributed by atoms with Gasteiger partial charge in [-0.05, 0) is 42.0 Å². The first kappa shape index (κ1) is 18.7. The highest BCUT2D eigenvalue weighted by molar-refractivity contribution is 5.89. The quantitative estimate of drug-likeness (QED) is 0.440. The Labute approximate surface area is 161 Å². The maximum atomic E-state index is 12.2. The van der Waals surface area contributed by atoms with Crippen molar-refractivity contribution in [2.45, 2.75) is 31.0 Å². The number of aromatic hydroxyl groups is 2. The number of fused-ring (bicyclic) bond motifs is 1. The van der Waals surface area contributed by atoms with Crippen LogP contribution in [0.4, 0.5) is 0 Å². The third-order valence-corrected chi connectivity index (χ3v) is 4.68. The molecule has 8 heteroatoms. The largest absolute Gasteiger partial charge is 0.508 e. The third-order valence-electron chi connectivity index (χ3n) is 4.68. The van der Waals surface area contributed by atoms with Crippen molar-refractivity contribution in [1.82, 2.24) is 0 Å². The van der Waals surface area contributed by atoms with Gasteiger partial charge >= 0.3 is 5.97 Å². The van der Waals surface area contributed by atoms with Crippen molar-refractivity contribution in [2.75, 3.05) is 13.2 Å². The Morgan fingerprint density at radius 1 is 0.893 bits per heavy atom. The molecule has 0 saturated carbocycles. The van der Waals surface area contributed by atoms with E-state index in [4.69, 9.17) is 24.0 Å². The molecule has 4 atom stereocenters. The molecule has 0 radical (unpaired) electrons. The Morgan fingerprint density at radius 3 is 2.14 bits per heavy atom. The predicted molar refractivity (Wildman–Crippen MR) is 94.6 cm³/mol. The first-order valence-corrected chi connectivity index (χ1v) is 8.89. The number of hydrogen-bond acceptors (Lipinski definition) is 8. The summed E-state index contributed by atoms with van der Waals surface area (Å²) in [5.74, 6) is -0.248. The second-order valence-electron chi connectivity index (χ2n) is 6.65. The second kappa shape index (κ2) is 8.15. The topological polar surface area (TPSA) is 104 Å². The van der Waals surface area contributed by atoms with E-state index in [0.717, 1.165) is 5.56 Å². The lowest BCUT2D eigenvalue weighted by Crippen LogP contribution is -2.35. The van der Waals surface area contributed by atoms with E-state index in [0.29, 0.717) is 5.56 Å². The van der Waals surface area contributed by atoms with E-state index < -0.39 is 30.4 Å². The molecule has 28 heavy (non-hydrogen) atoms. The molecule has 2 aliphatic rings. The second-order valence-corrected chi connectivity index (χ2v) is 6.65. The zero-order valence-electron chi connectivity index (χ0n) is 14.9. The van der Waals surface area contributed by atoms with Crippen LogP contribution in [0.15, 0.2) is 48.5 Å². The molecule has 0 aliphatic carbocycles. The van der Waals surface area contributed by atoms with E-state index >= 15 is 0 Å². The van der Waals surface area contributed by atoms with Crippen molar-refractivity contribution in [1.29, 1.82) is 0 Å². The summed E-state index contributed by atoms with van der Waals surface area (Å²) >= 11 is 0. The van der Waals surface area contributed by atoms with Gasteiger partial charge in [0.25, 0.3) is 0 Å². The van der Waals surface area contributed by atoms with Gasteiger partial charge < -0.3 is 24.4 Å². The minimum absolute atomic E-state index is 0.0761. The zero-order chi connectivity index (χ0) is 19.5. The molecule has 2 aromatic rings. The summed E-state index contributed by atoms with van der Waals surface area (Å²) in [7, 11) is 0. The van der Waals surface area contributed by atoms with Crippen molar-refractivity contribution in [3.8, 4) is 11.5 Å². The Hall–Kier alpha value is -2.65. The van der Waals surface area contributed by atoms with Gasteiger partial charge in [0.05, 0.1) is 18.8 Å². The van der Waals surface area contributed by atoms with Gasteiger partial charge in [-0.2, -0.15) is 0 Å². The number of phenolic OH excluding ortho intramolecular Hbond substituents is 2. The van der Waals surface area contributed by atoms with E-state index in [2.05, 4.69) is 0 Å². The summed E-state index contributed by atoms with van der Waals surface area (Å²) in [6, 6.07) is 12.4. The smallest absolute Gasteiger partial charge is 0.338 e. The van der Waals surface area contributed by atoms with Gasteiger partial charge in [0.2, 0.25) is 0 Å². The predicted octanol–water partition coefficient (Wildman–Crippen LogP) is 1.94. The molecule has 2 heterocycles. The standard InChI is InChI=1S/C20H20O8/c21-14-5-1-12(2-6-14)9-26-28-17-11-25-18-16(10-24-19(17)18)27-20(23)13-3-7-15(22)8-4-13/h1-8,16-19,21-22H,9-11H2. The lowest BCUT2D eigenvalue weighted by molar-refractivity contribution is -0.341. The minimum Gasteiger partial charge on any atom is -0.508 e. The number of phenols is 2. The highest BCUT2D eigenvalue weighted by atomic mass is 17.2. The Bertz CT molecular complexity index is 804. The molecule has 2 aromatic carbocycles. The van der Waals surface area contributed by atoms with Gasteiger partial charge in [0.15, 0.2) is 6.10 Å². The molecule has 0 amide bonds. The van der Waals surface area contributed by atoms with Crippen LogP contribution in [-0.4, -0.2) is 53.8 Å². The van der Waals surface area contributed by atoms with E-state index in [1.165, 1.54) is 24.3 Å². The molecule has 0 spiro atoms. The average molecular weight is 388 g/mol. The highest BCUT2D eigenvalue weighted by Crippen LogP contribution is 2.31. The lowest BCUT2D eigenvalue weighted by Gasteiger charge is -2.17. The molecule has 8 nitrogen and oxygen atoms in total. The summed E-state index contributed by atoms with van der Waals surface area (Å²) in [5.41, 5.74) is 1.19. The lowest BCUT2D eigenvalue weighted by atomic mass is 10.1. The van der Waals surface area contributed by atoms with Gasteiger partial charge in [0, 0.05) is 0 Å². The van der Waals surface area contributed by atoms with Crippen LogP contribution in [0.3, 0.4) is 0 Å². The zero-order valence-corrected chi connectivity index (χ0v) is 14.9. The van der Waals surface area contributed by atoms with Crippen LogP contribution in [0.5, 0.6) is 11.5 Å². The van der Waals surface area contributed by atoms with Crippen molar-refractivity contribution in [2.24, 2.45) is 0 Å². The highest BCUT2D eigenvalue weighted by Gasteiger charge is 2.50. The normalized spacial score (nSPS) is 26.1. The van der Waals surface area contributed by atoms with Crippen LogP contribution < -0.4 is 0 Å². The van der Waals surface area contributed by atoms with Crippen LogP contribution in [-0.2, 0) is 30.6 Å². The maximum absolute atomic E-state index is 12.2. The molecule has 148 valence electrons. The first-order chi connectivity index (χ1) is 13.6. The Kier molecular flexibility index (Phi) is 5.45. The average Bonchev–Trinajstić information content (AvgIpc) is 3.27. The minimum atomic E-state index is -0.544. The molecule has 0 bridgehead atoms. The fourth-order valence-electron chi connectivity index (χ4n) is 3.20. The molecule has 2 aliphatic heterocycles. The number of esters is 1. The van der Waals surface area contributed by atoms with E-state index in [-0.39, 0.29) is 31.3 Å². The fraction of sp³-hybridized carbons (Fsp3) is 0.350. The van der Waals surface area contributed by atoms with Gasteiger partial charge in [-0.25, -0.2) is 14.6 Å². The number of carbonyl (C=O) groups excluding carboxylic acids is 1. The molecule has 4 unspecified atom stereocenters. The SMILES string of the molecule is O=C(OC1COC2C(OOCc3ccc(O)cc3)COC12)c1ccc(O)cc1. The monoisotopic (exact) mass is 388 g/mol. The molecule has 2 fully saturated rings. The summed E-state index contributed by atoms with van der Waals surface area (Å²) in [5, 5.41) is 18.6. The molecule has 2 N–H and O–H groups in total. The van der Waals surface area contributed by atoms with E-state index in [1.807, 2.05) is 0 Å².